The Morgan fingerprint density at radius 3 is 2.27 bits per heavy atom. The third-order valence-electron chi connectivity index (χ3n) is 1.43. The summed E-state index contributed by atoms with van der Waals surface area (Å²) in [5.74, 6) is 0. The van der Waals surface area contributed by atoms with E-state index >= 15 is 0 Å². The van der Waals surface area contributed by atoms with Crippen molar-refractivity contribution in [3.05, 3.63) is 12.4 Å². The molecule has 4 heteroatoms. The normalized spacial score (nSPS) is 11.5. The lowest BCUT2D eigenvalue weighted by atomic mass is 11.0. The zero-order valence-electron chi connectivity index (χ0n) is 7.44. The number of aromatic nitrogens is 2. The highest BCUT2D eigenvalue weighted by Gasteiger charge is 2.07. The van der Waals surface area contributed by atoms with Crippen molar-refractivity contribution < 1.29 is 0 Å². The van der Waals surface area contributed by atoms with E-state index in [1.54, 1.807) is 0 Å². The van der Waals surface area contributed by atoms with Gasteiger partial charge in [-0.1, -0.05) is 0 Å². The first-order valence-corrected chi connectivity index (χ1v) is 7.93. The Bertz CT molecular complexity index is 208. The van der Waals surface area contributed by atoms with Gasteiger partial charge in [0.15, 0.2) is 0 Å². The molecule has 0 amide bonds. The molecule has 62 valence electrons. The third-order valence-corrected chi connectivity index (χ3v) is 3.91. The molecule has 1 heterocycles. The maximum absolute atomic E-state index is 4.34. The van der Waals surface area contributed by atoms with E-state index in [1.807, 2.05) is 6.20 Å². The van der Waals surface area contributed by atoms with Gasteiger partial charge in [-0.3, -0.25) is 0 Å². The second-order valence-corrected chi connectivity index (χ2v) is 7.13. The second-order valence-electron chi connectivity index (χ2n) is 2.81. The highest BCUT2D eigenvalue weighted by Crippen LogP contribution is 2.32. The minimum absolute atomic E-state index is 0.0414. The van der Waals surface area contributed by atoms with E-state index in [0.717, 1.165) is 0 Å². The van der Waals surface area contributed by atoms with Crippen molar-refractivity contribution in [2.45, 2.75) is 0 Å². The summed E-state index contributed by atoms with van der Waals surface area (Å²) in [5.41, 5.74) is 1.27. The number of hydrogen-bond donors (Lipinski definition) is 0. The van der Waals surface area contributed by atoms with E-state index in [4.69, 9.17) is 0 Å². The predicted octanol–water partition coefficient (Wildman–Crippen LogP) is 1.75. The van der Waals surface area contributed by atoms with Crippen molar-refractivity contribution in [1.82, 2.24) is 9.32 Å². The van der Waals surface area contributed by atoms with Crippen LogP contribution in [0.5, 0.6) is 0 Å². The summed E-state index contributed by atoms with van der Waals surface area (Å²) in [6.07, 6.45) is 3.99. The fourth-order valence-corrected chi connectivity index (χ4v) is 3.50. The molecule has 0 aromatic carbocycles. The van der Waals surface area contributed by atoms with E-state index < -0.39 is 0 Å². The van der Waals surface area contributed by atoms with E-state index in [9.17, 15) is 0 Å². The molecule has 1 aromatic rings. The first kappa shape index (κ1) is 9.16. The molecule has 11 heavy (non-hydrogen) atoms. The lowest BCUT2D eigenvalue weighted by Crippen LogP contribution is -2.12. The predicted molar refractivity (Wildman–Crippen MR) is 54.8 cm³/mol. The zero-order valence-corrected chi connectivity index (χ0v) is 9.23. The summed E-state index contributed by atoms with van der Waals surface area (Å²) in [4.78, 5) is 4.34. The van der Waals surface area contributed by atoms with Crippen LogP contribution in [0.4, 0.5) is 0 Å². The van der Waals surface area contributed by atoms with Gasteiger partial charge in [0.05, 0.1) is 0 Å². The number of nitrogens with zero attached hydrogens (tertiary/aromatic N) is 2. The van der Waals surface area contributed by atoms with Gasteiger partial charge in [0, 0.05) is 12.4 Å². The molecule has 0 aliphatic carbocycles. The van der Waals surface area contributed by atoms with Gasteiger partial charge in [0.1, 0.15) is 5.57 Å². The molecule has 0 aliphatic rings. The molecule has 0 bridgehead atoms. The lowest BCUT2D eigenvalue weighted by molar-refractivity contribution is 1.28. The summed E-state index contributed by atoms with van der Waals surface area (Å²) in [6.45, 7) is 8.98. The third kappa shape index (κ3) is 2.01. The largest absolute Gasteiger partial charge is 0.310 e. The smallest absolute Gasteiger partial charge is 0.134 e. The molecule has 1 rings (SSSR count). The van der Waals surface area contributed by atoms with Gasteiger partial charge in [-0.2, -0.15) is 0 Å². The lowest BCUT2D eigenvalue weighted by Gasteiger charge is -2.13. The molecule has 0 spiro atoms. The zero-order chi connectivity index (χ0) is 8.43. The van der Waals surface area contributed by atoms with Crippen LogP contribution < -0.4 is 5.57 Å². The van der Waals surface area contributed by atoms with Crippen LogP contribution in [0.1, 0.15) is 0 Å². The van der Waals surface area contributed by atoms with Crippen LogP contribution in [0.25, 0.3) is 0 Å². The van der Waals surface area contributed by atoms with E-state index in [0.29, 0.717) is 0 Å². The standard InChI is InChI=1S/C7H14N2P2/c1-10(2)7-8-5-6-9(7)11(3)4/h5-6H,1-4H3. The molecule has 2 nitrogen and oxygen atoms in total. The molecule has 0 radical (unpaired) electrons. The average molecular weight is 188 g/mol. The second kappa shape index (κ2) is 3.65. The van der Waals surface area contributed by atoms with Crippen molar-refractivity contribution in [2.24, 2.45) is 0 Å². The Hall–Kier alpha value is 0.0700. The SMILES string of the molecule is CP(C)c1nccn1P(C)C. The van der Waals surface area contributed by atoms with Crippen LogP contribution >= 0.6 is 16.0 Å². The Morgan fingerprint density at radius 2 is 1.91 bits per heavy atom. The first-order chi connectivity index (χ1) is 5.13. The fourth-order valence-electron chi connectivity index (χ4n) is 0.922. The highest BCUT2D eigenvalue weighted by atomic mass is 31.1. The molecule has 0 aliphatic heterocycles. The van der Waals surface area contributed by atoms with Crippen molar-refractivity contribution in [3.8, 4) is 0 Å². The Morgan fingerprint density at radius 1 is 1.27 bits per heavy atom. The van der Waals surface area contributed by atoms with Crippen LogP contribution in [0.2, 0.25) is 0 Å². The molecule has 0 N–H and O–H groups in total. The van der Waals surface area contributed by atoms with Crippen LogP contribution in [-0.4, -0.2) is 36.0 Å². The van der Waals surface area contributed by atoms with E-state index in [-0.39, 0.29) is 16.0 Å². The molecular formula is C7H14N2P2. The summed E-state index contributed by atoms with van der Waals surface area (Å²) >= 11 is 0. The van der Waals surface area contributed by atoms with Crippen molar-refractivity contribution in [3.63, 3.8) is 0 Å². The molecule has 0 atom stereocenters. The van der Waals surface area contributed by atoms with Gasteiger partial charge in [-0.05, 0) is 42.7 Å². The van der Waals surface area contributed by atoms with Crippen LogP contribution in [0, 0.1) is 0 Å². The maximum Gasteiger partial charge on any atom is 0.134 e. The molecule has 0 unspecified atom stereocenters. The molecular weight excluding hydrogens is 174 g/mol. The van der Waals surface area contributed by atoms with E-state index in [1.165, 1.54) is 5.57 Å². The Labute approximate surface area is 70.6 Å². The van der Waals surface area contributed by atoms with Gasteiger partial charge in [0.2, 0.25) is 0 Å². The van der Waals surface area contributed by atoms with Crippen molar-refractivity contribution >= 4 is 21.6 Å². The van der Waals surface area contributed by atoms with Crippen molar-refractivity contribution in [2.75, 3.05) is 26.7 Å². The summed E-state index contributed by atoms with van der Waals surface area (Å²) < 4.78 is 2.31. The van der Waals surface area contributed by atoms with Crippen LogP contribution in [0.3, 0.4) is 0 Å². The summed E-state index contributed by atoms with van der Waals surface area (Å²) in [6, 6.07) is 0. The van der Waals surface area contributed by atoms with Crippen molar-refractivity contribution in [1.29, 1.82) is 0 Å². The topological polar surface area (TPSA) is 17.8 Å². The first-order valence-electron chi connectivity index (χ1n) is 3.51. The number of rotatable bonds is 2. The molecule has 1 aromatic heterocycles. The highest BCUT2D eigenvalue weighted by molar-refractivity contribution is 7.65. The maximum atomic E-state index is 4.34. The number of imidazole rings is 1. The average Bonchev–Trinajstić information content (AvgIpc) is 2.32. The van der Waals surface area contributed by atoms with Gasteiger partial charge in [-0.25, -0.2) is 4.98 Å². The minimum Gasteiger partial charge on any atom is -0.310 e. The Kier molecular flexibility index (Phi) is 3.04. The quantitative estimate of drug-likeness (QED) is 0.646. The fraction of sp³-hybridized carbons (Fsp3) is 0.571. The monoisotopic (exact) mass is 188 g/mol. The number of hydrogen-bond acceptors (Lipinski definition) is 1. The van der Waals surface area contributed by atoms with Gasteiger partial charge >= 0.3 is 0 Å². The summed E-state index contributed by atoms with van der Waals surface area (Å²) in [7, 11) is -0.0851. The molecule has 0 fully saturated rings. The van der Waals surface area contributed by atoms with E-state index in [2.05, 4.69) is 42.2 Å². The van der Waals surface area contributed by atoms with Crippen LogP contribution in [0.15, 0.2) is 12.4 Å². The molecule has 0 saturated heterocycles. The molecule has 0 saturated carbocycles. The van der Waals surface area contributed by atoms with Gasteiger partial charge in [0.25, 0.3) is 0 Å². The van der Waals surface area contributed by atoms with Crippen LogP contribution in [-0.2, 0) is 0 Å². The summed E-state index contributed by atoms with van der Waals surface area (Å²) in [5, 5.41) is 0. The minimum atomic E-state index is -0.0437. The Balaban J connectivity index is 2.96. The van der Waals surface area contributed by atoms with Gasteiger partial charge < -0.3 is 4.34 Å². The van der Waals surface area contributed by atoms with Gasteiger partial charge in [-0.15, -0.1) is 0 Å².